The van der Waals surface area contributed by atoms with Crippen molar-refractivity contribution in [2.24, 2.45) is 5.92 Å². The zero-order chi connectivity index (χ0) is 14.4. The fraction of sp³-hybridized carbons (Fsp3) is 0.647. The average molecular weight is 277 g/mol. The summed E-state index contributed by atoms with van der Waals surface area (Å²) in [6.07, 6.45) is 5.33. The highest BCUT2D eigenvalue weighted by atomic mass is 16.5. The third-order valence-electron chi connectivity index (χ3n) is 3.95. The molecule has 0 saturated heterocycles. The van der Waals surface area contributed by atoms with Gasteiger partial charge >= 0.3 is 0 Å². The number of benzene rings is 1. The van der Waals surface area contributed by atoms with E-state index in [1.165, 1.54) is 31.2 Å². The minimum absolute atomic E-state index is 0.614. The third kappa shape index (κ3) is 4.14. The maximum absolute atomic E-state index is 5.62. The molecule has 0 aliphatic heterocycles. The number of rotatable bonds is 9. The number of nitrogens with one attached hydrogen (secondary N) is 1. The standard InChI is InChI=1S/C17H27NO2/c1-4-15(11-13-9-10-13)18-12-14-7-6-8-16(20-5-2)17(14)19-3/h6-8,13,15,18H,4-5,9-12H2,1-3H3. The zero-order valence-corrected chi connectivity index (χ0v) is 12.9. The number of hydrogen-bond acceptors (Lipinski definition) is 3. The summed E-state index contributed by atoms with van der Waals surface area (Å²) in [5.41, 5.74) is 1.17. The van der Waals surface area contributed by atoms with E-state index in [0.29, 0.717) is 12.6 Å². The van der Waals surface area contributed by atoms with Gasteiger partial charge in [-0.3, -0.25) is 0 Å². The molecule has 0 bridgehead atoms. The molecule has 3 heteroatoms. The van der Waals surface area contributed by atoms with Crippen molar-refractivity contribution in [1.82, 2.24) is 5.32 Å². The molecule has 1 fully saturated rings. The molecule has 1 saturated carbocycles. The molecule has 1 aliphatic rings. The summed E-state index contributed by atoms with van der Waals surface area (Å²) in [5, 5.41) is 3.67. The second-order valence-electron chi connectivity index (χ2n) is 5.55. The molecular formula is C17H27NO2. The van der Waals surface area contributed by atoms with Crippen molar-refractivity contribution in [3.8, 4) is 11.5 Å². The van der Waals surface area contributed by atoms with Crippen LogP contribution < -0.4 is 14.8 Å². The van der Waals surface area contributed by atoms with Crippen molar-refractivity contribution >= 4 is 0 Å². The molecule has 112 valence electrons. The van der Waals surface area contributed by atoms with Crippen LogP contribution in [0.25, 0.3) is 0 Å². The summed E-state index contributed by atoms with van der Waals surface area (Å²) in [4.78, 5) is 0. The van der Waals surface area contributed by atoms with E-state index in [0.717, 1.165) is 24.0 Å². The highest BCUT2D eigenvalue weighted by Gasteiger charge is 2.24. The van der Waals surface area contributed by atoms with Crippen molar-refractivity contribution in [2.75, 3.05) is 13.7 Å². The quantitative estimate of drug-likeness (QED) is 0.745. The monoisotopic (exact) mass is 277 g/mol. The van der Waals surface area contributed by atoms with Crippen LogP contribution in [0.1, 0.15) is 45.1 Å². The Morgan fingerprint density at radius 3 is 2.70 bits per heavy atom. The predicted octanol–water partition coefficient (Wildman–Crippen LogP) is 3.76. The maximum atomic E-state index is 5.62. The predicted molar refractivity (Wildman–Crippen MR) is 82.4 cm³/mol. The van der Waals surface area contributed by atoms with Gasteiger partial charge in [0, 0.05) is 18.2 Å². The van der Waals surface area contributed by atoms with Gasteiger partial charge in [0.05, 0.1) is 13.7 Å². The van der Waals surface area contributed by atoms with Crippen molar-refractivity contribution in [3.05, 3.63) is 23.8 Å². The first-order valence-corrected chi connectivity index (χ1v) is 7.80. The van der Waals surface area contributed by atoms with E-state index in [1.807, 2.05) is 19.1 Å². The lowest BCUT2D eigenvalue weighted by atomic mass is 10.1. The van der Waals surface area contributed by atoms with Crippen LogP contribution in [-0.2, 0) is 6.54 Å². The van der Waals surface area contributed by atoms with Gasteiger partial charge in [0.15, 0.2) is 11.5 Å². The van der Waals surface area contributed by atoms with Gasteiger partial charge in [-0.2, -0.15) is 0 Å². The van der Waals surface area contributed by atoms with Crippen LogP contribution in [0.15, 0.2) is 18.2 Å². The second-order valence-corrected chi connectivity index (χ2v) is 5.55. The second kappa shape index (κ2) is 7.53. The lowest BCUT2D eigenvalue weighted by molar-refractivity contribution is 0.308. The smallest absolute Gasteiger partial charge is 0.165 e. The molecule has 1 N–H and O–H groups in total. The van der Waals surface area contributed by atoms with Gasteiger partial charge < -0.3 is 14.8 Å². The van der Waals surface area contributed by atoms with Crippen molar-refractivity contribution in [2.45, 2.75) is 52.1 Å². The van der Waals surface area contributed by atoms with E-state index in [-0.39, 0.29) is 0 Å². The first-order chi connectivity index (χ1) is 9.78. The minimum Gasteiger partial charge on any atom is -0.493 e. The summed E-state index contributed by atoms with van der Waals surface area (Å²) >= 11 is 0. The molecule has 3 nitrogen and oxygen atoms in total. The van der Waals surface area contributed by atoms with Crippen LogP contribution in [0.5, 0.6) is 11.5 Å². The lowest BCUT2D eigenvalue weighted by Crippen LogP contribution is -2.28. The summed E-state index contributed by atoms with van der Waals surface area (Å²) in [6, 6.07) is 6.72. The minimum atomic E-state index is 0.614. The number of para-hydroxylation sites is 1. The normalized spacial score (nSPS) is 15.9. The average Bonchev–Trinajstić information content (AvgIpc) is 3.28. The van der Waals surface area contributed by atoms with Crippen molar-refractivity contribution in [3.63, 3.8) is 0 Å². The molecule has 1 unspecified atom stereocenters. The van der Waals surface area contributed by atoms with Crippen LogP contribution in [0.2, 0.25) is 0 Å². The van der Waals surface area contributed by atoms with Gasteiger partial charge in [-0.05, 0) is 31.7 Å². The van der Waals surface area contributed by atoms with Gasteiger partial charge in [0.2, 0.25) is 0 Å². The molecule has 0 radical (unpaired) electrons. The van der Waals surface area contributed by atoms with Gasteiger partial charge in [-0.1, -0.05) is 31.9 Å². The SMILES string of the molecule is CCOc1cccc(CNC(CC)CC2CC2)c1OC. The molecule has 0 aromatic heterocycles. The third-order valence-corrected chi connectivity index (χ3v) is 3.95. The van der Waals surface area contributed by atoms with Crippen LogP contribution >= 0.6 is 0 Å². The number of ether oxygens (including phenoxy) is 2. The van der Waals surface area contributed by atoms with Crippen LogP contribution in [0, 0.1) is 5.92 Å². The van der Waals surface area contributed by atoms with E-state index >= 15 is 0 Å². The van der Waals surface area contributed by atoms with Gasteiger partial charge in [0.25, 0.3) is 0 Å². The molecule has 2 rings (SSSR count). The molecule has 0 amide bonds. The van der Waals surface area contributed by atoms with Crippen LogP contribution in [0.3, 0.4) is 0 Å². The van der Waals surface area contributed by atoms with Crippen molar-refractivity contribution in [1.29, 1.82) is 0 Å². The Balaban J connectivity index is 1.98. The molecule has 1 aromatic rings. The maximum Gasteiger partial charge on any atom is 0.165 e. The number of methoxy groups -OCH3 is 1. The first kappa shape index (κ1) is 15.2. The Morgan fingerprint density at radius 1 is 1.30 bits per heavy atom. The Labute approximate surface area is 122 Å². The molecule has 1 atom stereocenters. The molecule has 0 spiro atoms. The highest BCUT2D eigenvalue weighted by molar-refractivity contribution is 5.46. The van der Waals surface area contributed by atoms with Gasteiger partial charge in [-0.15, -0.1) is 0 Å². The number of hydrogen-bond donors (Lipinski definition) is 1. The van der Waals surface area contributed by atoms with E-state index in [4.69, 9.17) is 9.47 Å². The van der Waals surface area contributed by atoms with Gasteiger partial charge in [0.1, 0.15) is 0 Å². The highest BCUT2D eigenvalue weighted by Crippen LogP contribution is 2.34. The van der Waals surface area contributed by atoms with E-state index < -0.39 is 0 Å². The summed E-state index contributed by atoms with van der Waals surface area (Å²) in [5.74, 6) is 2.66. The van der Waals surface area contributed by atoms with E-state index in [9.17, 15) is 0 Å². The first-order valence-electron chi connectivity index (χ1n) is 7.80. The molecule has 1 aromatic carbocycles. The van der Waals surface area contributed by atoms with Crippen molar-refractivity contribution < 1.29 is 9.47 Å². The summed E-state index contributed by atoms with van der Waals surface area (Å²) in [7, 11) is 1.71. The Morgan fingerprint density at radius 2 is 2.10 bits per heavy atom. The van der Waals surface area contributed by atoms with E-state index in [1.54, 1.807) is 7.11 Å². The Kier molecular flexibility index (Phi) is 5.72. The zero-order valence-electron chi connectivity index (χ0n) is 12.9. The van der Waals surface area contributed by atoms with E-state index in [2.05, 4.69) is 18.3 Å². The molecule has 20 heavy (non-hydrogen) atoms. The van der Waals surface area contributed by atoms with Crippen LogP contribution in [-0.4, -0.2) is 19.8 Å². The largest absolute Gasteiger partial charge is 0.493 e. The summed E-state index contributed by atoms with van der Waals surface area (Å²) < 4.78 is 11.1. The fourth-order valence-corrected chi connectivity index (χ4v) is 2.61. The molecular weight excluding hydrogens is 250 g/mol. The lowest BCUT2D eigenvalue weighted by Gasteiger charge is -2.19. The Hall–Kier alpha value is -1.22. The summed E-state index contributed by atoms with van der Waals surface area (Å²) in [6.45, 7) is 5.75. The topological polar surface area (TPSA) is 30.5 Å². The van der Waals surface area contributed by atoms with Gasteiger partial charge in [-0.25, -0.2) is 0 Å². The fourth-order valence-electron chi connectivity index (χ4n) is 2.61. The molecule has 1 aliphatic carbocycles. The Bertz CT molecular complexity index is 415. The van der Waals surface area contributed by atoms with Crippen LogP contribution in [0.4, 0.5) is 0 Å². The molecule has 0 heterocycles.